The van der Waals surface area contributed by atoms with Gasteiger partial charge in [0.25, 0.3) is 0 Å². The number of thioether (sulfide) groups is 1. The number of carbonyl (C=O) groups is 9. The lowest BCUT2D eigenvalue weighted by molar-refractivity contribution is -0.149. The van der Waals surface area contributed by atoms with E-state index in [1.165, 1.54) is 101 Å². The van der Waals surface area contributed by atoms with Gasteiger partial charge < -0.3 is 50.7 Å². The van der Waals surface area contributed by atoms with Crippen molar-refractivity contribution < 1.29 is 53.0 Å². The zero-order valence-corrected chi connectivity index (χ0v) is 44.4. The Bertz CT molecular complexity index is 1660. The van der Waals surface area contributed by atoms with E-state index in [1.807, 2.05) is 34.6 Å². The highest BCUT2D eigenvalue weighted by Crippen LogP contribution is 2.22. The summed E-state index contributed by atoms with van der Waals surface area (Å²) in [5.41, 5.74) is -1.45. The third-order valence-electron chi connectivity index (χ3n) is 11.4. The van der Waals surface area contributed by atoms with Crippen LogP contribution in [0.2, 0.25) is 0 Å². The van der Waals surface area contributed by atoms with Gasteiger partial charge in [-0.2, -0.15) is 11.8 Å². The minimum Gasteiger partial charge on any atom is -0.469 e. The molecule has 7 atom stereocenters. The summed E-state index contributed by atoms with van der Waals surface area (Å²) in [6, 6.07) is -7.49. The van der Waals surface area contributed by atoms with E-state index >= 15 is 0 Å². The highest BCUT2D eigenvalue weighted by molar-refractivity contribution is 7.99. The van der Waals surface area contributed by atoms with Crippen LogP contribution in [0.5, 0.6) is 0 Å². The topological polar surface area (TPSA) is 244 Å². The second-order valence-electron chi connectivity index (χ2n) is 19.4. The van der Waals surface area contributed by atoms with Crippen LogP contribution < -0.4 is 21.3 Å². The molecule has 0 heterocycles. The van der Waals surface area contributed by atoms with E-state index < -0.39 is 89.3 Å². The Kier molecular flexibility index (Phi) is 28.1. The van der Waals surface area contributed by atoms with Crippen molar-refractivity contribution in [3.63, 3.8) is 0 Å². The molecule has 0 aliphatic heterocycles. The fourth-order valence-corrected chi connectivity index (χ4v) is 8.43. The van der Waals surface area contributed by atoms with Crippen LogP contribution in [0, 0.1) is 17.8 Å². The summed E-state index contributed by atoms with van der Waals surface area (Å²) in [6.45, 7) is 18.8. The molecule has 0 aliphatic carbocycles. The molecule has 0 unspecified atom stereocenters. The highest BCUT2D eigenvalue weighted by atomic mass is 32.2. The molecule has 0 bridgehead atoms. The Morgan fingerprint density at radius 3 is 1.58 bits per heavy atom. The van der Waals surface area contributed by atoms with E-state index in [0.29, 0.717) is 31.4 Å². The van der Waals surface area contributed by atoms with E-state index in [9.17, 15) is 48.3 Å². The van der Waals surface area contributed by atoms with Crippen LogP contribution in [0.3, 0.4) is 0 Å². The van der Waals surface area contributed by atoms with Gasteiger partial charge in [0.2, 0.25) is 47.3 Å². The molecule has 19 nitrogen and oxygen atoms in total. The molecule has 0 aliphatic rings. The molecule has 0 rings (SSSR count). The lowest BCUT2D eigenvalue weighted by Crippen LogP contribution is -2.61. The Labute approximate surface area is 404 Å². The first-order chi connectivity index (χ1) is 31.0. The van der Waals surface area contributed by atoms with Crippen LogP contribution in [0.15, 0.2) is 0 Å². The first kappa shape index (κ1) is 62.5. The quantitative estimate of drug-likeness (QED) is 0.0515. The SMILES string of the molecule is CCCC(=O)N(C)[C@@H](CSCCCCC(=O)OC)C(=O)N(C)[C@@H](CC(C)(C)O)C(=O)N[C@H](C(=O)N(C)[C@@H](CC(C)C)C(=O)N[C@@H](C)C(=O)N[C@H](C)C(=O)N(C)[C@@H](CC(C)C)C(=O)NC)C(C)C. The number of esters is 1. The zero-order valence-electron chi connectivity index (χ0n) is 43.6. The number of likely N-dealkylation sites (N-methyl/N-ethyl adjacent to an activating group) is 5. The minimum absolute atomic E-state index is 0.0985. The highest BCUT2D eigenvalue weighted by Gasteiger charge is 2.41. The summed E-state index contributed by atoms with van der Waals surface area (Å²) in [5, 5.41) is 21.7. The second kappa shape index (κ2) is 30.1. The molecule has 386 valence electrons. The van der Waals surface area contributed by atoms with Gasteiger partial charge in [-0.15, -0.1) is 0 Å². The van der Waals surface area contributed by atoms with Gasteiger partial charge in [0.15, 0.2) is 0 Å². The van der Waals surface area contributed by atoms with Crippen molar-refractivity contribution >= 4 is 65.0 Å². The van der Waals surface area contributed by atoms with E-state index in [-0.39, 0.29) is 61.1 Å². The van der Waals surface area contributed by atoms with E-state index in [0.717, 1.165) is 0 Å². The number of aliphatic hydroxyl groups is 1. The fraction of sp³-hybridized carbons (Fsp3) is 0.809. The van der Waals surface area contributed by atoms with Crippen molar-refractivity contribution in [3.05, 3.63) is 0 Å². The molecular formula is C47H86N8O11S. The van der Waals surface area contributed by atoms with Gasteiger partial charge in [-0.1, -0.05) is 48.5 Å². The predicted molar refractivity (Wildman–Crippen MR) is 260 cm³/mol. The van der Waals surface area contributed by atoms with Crippen molar-refractivity contribution in [2.45, 2.75) is 175 Å². The first-order valence-electron chi connectivity index (χ1n) is 23.5. The molecule has 0 fully saturated rings. The number of unbranched alkanes of at least 4 members (excludes halogenated alkanes) is 1. The number of carbonyl (C=O) groups excluding carboxylic acids is 9. The maximum absolute atomic E-state index is 14.4. The first-order valence-corrected chi connectivity index (χ1v) is 24.7. The van der Waals surface area contributed by atoms with E-state index in [1.54, 1.807) is 13.8 Å². The van der Waals surface area contributed by atoms with Crippen molar-refractivity contribution in [2.75, 3.05) is 53.9 Å². The van der Waals surface area contributed by atoms with Crippen LogP contribution in [0.4, 0.5) is 0 Å². The van der Waals surface area contributed by atoms with E-state index in [4.69, 9.17) is 4.74 Å². The summed E-state index contributed by atoms with van der Waals surface area (Å²) in [6.07, 6.45) is 2.64. The molecular weight excluding hydrogens is 885 g/mol. The smallest absolute Gasteiger partial charge is 0.305 e. The van der Waals surface area contributed by atoms with Gasteiger partial charge in [-0.05, 0) is 83.3 Å². The molecule has 0 aromatic carbocycles. The molecule has 0 saturated carbocycles. The third kappa shape index (κ3) is 21.6. The molecule has 0 aromatic rings. The number of hydrogen-bond acceptors (Lipinski definition) is 12. The maximum atomic E-state index is 14.4. The van der Waals surface area contributed by atoms with Gasteiger partial charge in [-0.25, -0.2) is 0 Å². The molecule has 0 radical (unpaired) electrons. The Morgan fingerprint density at radius 2 is 1.10 bits per heavy atom. The summed E-state index contributed by atoms with van der Waals surface area (Å²) >= 11 is 1.43. The fourth-order valence-electron chi connectivity index (χ4n) is 7.26. The van der Waals surface area contributed by atoms with Crippen LogP contribution in [-0.4, -0.2) is 180 Å². The van der Waals surface area contributed by atoms with E-state index in [2.05, 4.69) is 21.3 Å². The Hall–Kier alpha value is -4.46. The van der Waals surface area contributed by atoms with Crippen LogP contribution in [-0.2, 0) is 47.9 Å². The summed E-state index contributed by atoms with van der Waals surface area (Å²) in [5.74, 6) is -4.31. The van der Waals surface area contributed by atoms with Crippen molar-refractivity contribution in [3.8, 4) is 0 Å². The molecule has 5 N–H and O–H groups in total. The average Bonchev–Trinajstić information content (AvgIpc) is 3.25. The van der Waals surface area contributed by atoms with Crippen LogP contribution in [0.25, 0.3) is 0 Å². The summed E-state index contributed by atoms with van der Waals surface area (Å²) < 4.78 is 4.71. The van der Waals surface area contributed by atoms with Crippen molar-refractivity contribution in [1.82, 2.24) is 40.9 Å². The number of hydrogen-bond donors (Lipinski definition) is 5. The molecule has 20 heteroatoms. The van der Waals surface area contributed by atoms with Gasteiger partial charge in [-0.3, -0.25) is 43.2 Å². The maximum Gasteiger partial charge on any atom is 0.305 e. The number of nitrogens with zero attached hydrogens (tertiary/aromatic N) is 4. The molecule has 0 saturated heterocycles. The Morgan fingerprint density at radius 1 is 0.612 bits per heavy atom. The number of nitrogens with one attached hydrogen (secondary N) is 4. The largest absolute Gasteiger partial charge is 0.469 e. The number of rotatable bonds is 30. The molecule has 0 aromatic heterocycles. The summed E-state index contributed by atoms with van der Waals surface area (Å²) in [4.78, 5) is 126. The monoisotopic (exact) mass is 971 g/mol. The molecule has 8 amide bonds. The normalized spacial score (nSPS) is 14.7. The third-order valence-corrected chi connectivity index (χ3v) is 12.6. The average molecular weight is 971 g/mol. The lowest BCUT2D eigenvalue weighted by Gasteiger charge is -2.38. The van der Waals surface area contributed by atoms with Crippen LogP contribution in [0.1, 0.15) is 128 Å². The minimum atomic E-state index is -1.45. The standard InChI is InChI=1S/C47H86N8O11S/c1-18-21-37(56)52(13)36(27-67-23-20-19-22-38(57)66-17)45(63)55(16)35(26-47(10,11)65)43(61)51-39(30(6)7)46(64)54(15)34(25-29(4)5)42(60)49-31(8)40(58)50-32(9)44(62)53(14)33(24-28(2)3)41(59)48-12/h28-36,39,65H,18-27H2,1-17H3,(H,48,59)(H,49,60)(H,50,58)(H,51,61)/t31-,32+,33-,34-,35-,36-,39-/m0/s1. The van der Waals surface area contributed by atoms with Gasteiger partial charge in [0, 0.05) is 60.3 Å². The van der Waals surface area contributed by atoms with Crippen molar-refractivity contribution in [2.24, 2.45) is 17.8 Å². The Balaban J connectivity index is 6.46. The van der Waals surface area contributed by atoms with Crippen molar-refractivity contribution in [1.29, 1.82) is 0 Å². The zero-order chi connectivity index (χ0) is 52.1. The predicted octanol–water partition coefficient (Wildman–Crippen LogP) is 2.32. The van der Waals surface area contributed by atoms with Gasteiger partial charge in [0.1, 0.15) is 42.3 Å². The number of methoxy groups -OCH3 is 1. The lowest BCUT2D eigenvalue weighted by atomic mass is 9.95. The second-order valence-corrected chi connectivity index (χ2v) is 20.5. The summed E-state index contributed by atoms with van der Waals surface area (Å²) in [7, 11) is 8.70. The molecule has 67 heavy (non-hydrogen) atoms. The van der Waals surface area contributed by atoms with Gasteiger partial charge >= 0.3 is 5.97 Å². The van der Waals surface area contributed by atoms with Crippen LogP contribution >= 0.6 is 11.8 Å². The molecule has 0 spiro atoms. The number of amides is 8. The number of ether oxygens (including phenoxy) is 1. The van der Waals surface area contributed by atoms with Gasteiger partial charge in [0.05, 0.1) is 12.7 Å².